The maximum absolute atomic E-state index is 11.1. The first-order valence-corrected chi connectivity index (χ1v) is 11.8. The third kappa shape index (κ3) is 4.84. The number of aromatic nitrogens is 1. The Balaban J connectivity index is 1.72. The molecule has 0 unspecified atom stereocenters. The van der Waals surface area contributed by atoms with Crippen molar-refractivity contribution in [2.75, 3.05) is 5.32 Å². The van der Waals surface area contributed by atoms with E-state index in [9.17, 15) is 5.11 Å². The number of hydrogen-bond acceptors (Lipinski definition) is 3. The second kappa shape index (κ2) is 9.45. The molecule has 0 amide bonds. The van der Waals surface area contributed by atoms with Crippen molar-refractivity contribution >= 4 is 55.5 Å². The third-order valence-corrected chi connectivity index (χ3v) is 6.44. The molecule has 7 heteroatoms. The highest BCUT2D eigenvalue weighted by atomic mass is 79.9. The Morgan fingerprint density at radius 2 is 1.73 bits per heavy atom. The molecule has 0 aliphatic carbocycles. The Morgan fingerprint density at radius 1 is 1.00 bits per heavy atom. The van der Waals surface area contributed by atoms with Gasteiger partial charge in [0.2, 0.25) is 11.0 Å². The number of nitrogens with one attached hydrogen (secondary N) is 1. The van der Waals surface area contributed by atoms with E-state index in [0.29, 0.717) is 12.2 Å². The lowest BCUT2D eigenvalue weighted by Gasteiger charge is -2.11. The molecule has 1 heterocycles. The zero-order chi connectivity index (χ0) is 23.7. The molecule has 5 nitrogen and oxygen atoms in total. The Kier molecular flexibility index (Phi) is 6.63. The van der Waals surface area contributed by atoms with Crippen LogP contribution in [-0.4, -0.2) is 14.8 Å². The molecule has 33 heavy (non-hydrogen) atoms. The summed E-state index contributed by atoms with van der Waals surface area (Å²) in [5.41, 5.74) is 7.82. The Labute approximate surface area is 207 Å². The van der Waals surface area contributed by atoms with Gasteiger partial charge in [0.1, 0.15) is 0 Å². The van der Waals surface area contributed by atoms with Crippen molar-refractivity contribution in [3.8, 4) is 5.88 Å². The molecule has 4 rings (SSSR count). The van der Waals surface area contributed by atoms with Crippen molar-refractivity contribution in [3.05, 3.63) is 86.9 Å². The lowest BCUT2D eigenvalue weighted by atomic mass is 10.1. The van der Waals surface area contributed by atoms with Crippen molar-refractivity contribution < 1.29 is 5.11 Å². The minimum absolute atomic E-state index is 0.0580. The average molecular weight is 521 g/mol. The number of benzene rings is 3. The molecule has 0 fully saturated rings. The molecule has 4 aromatic rings. The quantitative estimate of drug-likeness (QED) is 0.212. The molecule has 3 aromatic carbocycles. The summed E-state index contributed by atoms with van der Waals surface area (Å²) < 4.78 is 2.76. The molecule has 168 valence electrons. The molecule has 0 aliphatic heterocycles. The summed E-state index contributed by atoms with van der Waals surface area (Å²) in [5.74, 6) is 0.0580. The number of aromatic hydroxyl groups is 1. The van der Waals surface area contributed by atoms with Gasteiger partial charge in [-0.3, -0.25) is 0 Å². The molecule has 0 saturated heterocycles. The number of nitrogens with zero attached hydrogens (tertiary/aromatic N) is 3. The monoisotopic (exact) mass is 520 g/mol. The summed E-state index contributed by atoms with van der Waals surface area (Å²) in [6.07, 6.45) is 0. The average Bonchev–Trinajstić information content (AvgIpc) is 3.02. The summed E-state index contributed by atoms with van der Waals surface area (Å²) in [4.78, 5) is 0. The van der Waals surface area contributed by atoms with Crippen LogP contribution in [-0.2, 0) is 6.54 Å². The smallest absolute Gasteiger partial charge is 0.221 e. The molecule has 0 radical (unpaired) electrons. The van der Waals surface area contributed by atoms with E-state index in [1.54, 1.807) is 0 Å². The summed E-state index contributed by atoms with van der Waals surface area (Å²) in [6, 6.07) is 18.2. The van der Waals surface area contributed by atoms with Crippen molar-refractivity contribution in [1.29, 1.82) is 0 Å². The lowest BCUT2D eigenvalue weighted by Crippen LogP contribution is -2.07. The van der Waals surface area contributed by atoms with Gasteiger partial charge in [-0.1, -0.05) is 57.9 Å². The van der Waals surface area contributed by atoms with E-state index in [1.807, 2.05) is 54.8 Å². The predicted octanol–water partition coefficient (Wildman–Crippen LogP) is 7.87. The first-order chi connectivity index (χ1) is 15.7. The Hall–Kier alpha value is -3.03. The van der Waals surface area contributed by atoms with Gasteiger partial charge in [0, 0.05) is 15.5 Å². The van der Waals surface area contributed by atoms with Crippen molar-refractivity contribution in [2.45, 2.75) is 34.2 Å². The number of thiocarbonyl (C=S) groups is 1. The maximum Gasteiger partial charge on any atom is 0.221 e. The second-order valence-electron chi connectivity index (χ2n) is 8.25. The Morgan fingerprint density at radius 3 is 2.45 bits per heavy atom. The van der Waals surface area contributed by atoms with Crippen LogP contribution >= 0.6 is 28.1 Å². The van der Waals surface area contributed by atoms with Crippen LogP contribution < -0.4 is 5.32 Å². The van der Waals surface area contributed by atoms with Gasteiger partial charge in [-0.2, -0.15) is 0 Å². The minimum Gasteiger partial charge on any atom is -0.493 e. The number of aryl methyl sites for hydroxylation is 4. The number of para-hydroxylation sites is 1. The topological polar surface area (TPSA) is 61.9 Å². The van der Waals surface area contributed by atoms with Gasteiger partial charge >= 0.3 is 0 Å². The van der Waals surface area contributed by atoms with Gasteiger partial charge in [0.25, 0.3) is 0 Å². The number of hydrogen-bond donors (Lipinski definition) is 2. The van der Waals surface area contributed by atoms with Gasteiger partial charge < -0.3 is 15.0 Å². The van der Waals surface area contributed by atoms with Crippen molar-refractivity contribution in [1.82, 2.24) is 4.57 Å². The van der Waals surface area contributed by atoms with E-state index in [2.05, 4.69) is 63.5 Å². The number of rotatable bonds is 4. The third-order valence-electron chi connectivity index (χ3n) is 5.76. The zero-order valence-corrected chi connectivity index (χ0v) is 21.4. The summed E-state index contributed by atoms with van der Waals surface area (Å²) >= 11 is 8.95. The number of azo groups is 1. The van der Waals surface area contributed by atoms with E-state index in [0.717, 1.165) is 37.8 Å². The fraction of sp³-hybridized carbons (Fsp3) is 0.192. The minimum atomic E-state index is 0.0580. The zero-order valence-electron chi connectivity index (χ0n) is 19.0. The maximum atomic E-state index is 11.1. The van der Waals surface area contributed by atoms with Crippen LogP contribution in [0.5, 0.6) is 5.88 Å². The number of anilines is 1. The van der Waals surface area contributed by atoms with Gasteiger partial charge in [-0.05, 0) is 80.4 Å². The molecule has 0 saturated carbocycles. The van der Waals surface area contributed by atoms with Crippen LogP contribution in [0.1, 0.15) is 27.8 Å². The molecular formula is C26H25BrN4OS. The van der Waals surface area contributed by atoms with Crippen LogP contribution in [0.3, 0.4) is 0 Å². The van der Waals surface area contributed by atoms with Crippen LogP contribution in [0.4, 0.5) is 11.4 Å². The largest absolute Gasteiger partial charge is 0.493 e. The normalized spacial score (nSPS) is 11.4. The van der Waals surface area contributed by atoms with Crippen LogP contribution in [0, 0.1) is 27.7 Å². The van der Waals surface area contributed by atoms with Gasteiger partial charge in [0.15, 0.2) is 5.69 Å². The predicted molar refractivity (Wildman–Crippen MR) is 143 cm³/mol. The van der Waals surface area contributed by atoms with Gasteiger partial charge in [-0.15, -0.1) is 10.2 Å². The molecule has 0 aliphatic rings. The molecule has 0 bridgehead atoms. The number of halogens is 1. The van der Waals surface area contributed by atoms with Gasteiger partial charge in [0.05, 0.1) is 12.1 Å². The highest BCUT2D eigenvalue weighted by Crippen LogP contribution is 2.40. The molecule has 2 N–H and O–H groups in total. The number of fused-ring (bicyclic) bond motifs is 1. The summed E-state index contributed by atoms with van der Waals surface area (Å²) in [7, 11) is 0. The first kappa shape index (κ1) is 23.1. The van der Waals surface area contributed by atoms with Crippen LogP contribution in [0.2, 0.25) is 0 Å². The molecule has 0 spiro atoms. The fourth-order valence-corrected chi connectivity index (χ4v) is 4.44. The lowest BCUT2D eigenvalue weighted by molar-refractivity contribution is 0.429. The SMILES string of the molecule is Cc1ccc(C)c(Cn2c(O)c(N=NC(=S)Nc3c(C)cccc3C)c3cc(Br)ccc32)c1. The van der Waals surface area contributed by atoms with Crippen molar-refractivity contribution in [3.63, 3.8) is 0 Å². The van der Waals surface area contributed by atoms with Gasteiger partial charge in [-0.25, -0.2) is 0 Å². The van der Waals surface area contributed by atoms with E-state index >= 15 is 0 Å². The van der Waals surface area contributed by atoms with Crippen molar-refractivity contribution in [2.24, 2.45) is 10.2 Å². The summed E-state index contributed by atoms with van der Waals surface area (Å²) in [6.45, 7) is 8.70. The molecule has 0 atom stereocenters. The second-order valence-corrected chi connectivity index (χ2v) is 9.55. The standard InChI is InChI=1S/C26H25BrN4OS/c1-15-8-9-16(2)19(12-15)14-31-22-11-10-20(27)13-21(22)24(25(31)32)29-30-26(33)28-23-17(3)6-5-7-18(23)4/h5-13,32H,14H2,1-4H3,(H,28,33). The van der Waals surface area contributed by atoms with Crippen LogP contribution in [0.25, 0.3) is 10.9 Å². The van der Waals surface area contributed by atoms with E-state index in [-0.39, 0.29) is 11.0 Å². The molecule has 1 aromatic heterocycles. The van der Waals surface area contributed by atoms with E-state index in [1.165, 1.54) is 11.1 Å². The highest BCUT2D eigenvalue weighted by Gasteiger charge is 2.18. The Bertz CT molecular complexity index is 1390. The summed E-state index contributed by atoms with van der Waals surface area (Å²) in [5, 5.41) is 23.9. The highest BCUT2D eigenvalue weighted by molar-refractivity contribution is 9.10. The first-order valence-electron chi connectivity index (χ1n) is 10.6. The van der Waals surface area contributed by atoms with E-state index in [4.69, 9.17) is 12.2 Å². The van der Waals surface area contributed by atoms with E-state index < -0.39 is 0 Å². The molecular weight excluding hydrogens is 496 g/mol. The van der Waals surface area contributed by atoms with Crippen LogP contribution in [0.15, 0.2) is 69.3 Å². The fourth-order valence-electron chi connectivity index (χ4n) is 3.93.